The van der Waals surface area contributed by atoms with Crippen LogP contribution in [0.15, 0.2) is 30.6 Å². The summed E-state index contributed by atoms with van der Waals surface area (Å²) < 4.78 is 0. The van der Waals surface area contributed by atoms with Crippen LogP contribution in [0.2, 0.25) is 5.15 Å². The van der Waals surface area contributed by atoms with Crippen LogP contribution in [-0.2, 0) is 0 Å². The van der Waals surface area contributed by atoms with Gasteiger partial charge in [-0.05, 0) is 36.6 Å². The predicted octanol–water partition coefficient (Wildman–Crippen LogP) is 4.61. The topological polar surface area (TPSA) is 79.6 Å². The Morgan fingerprint density at radius 1 is 1.17 bits per heavy atom. The maximum atomic E-state index is 6.27. The van der Waals surface area contributed by atoms with Crippen molar-refractivity contribution >= 4 is 34.1 Å². The fourth-order valence-corrected chi connectivity index (χ4v) is 3.65. The van der Waals surface area contributed by atoms with E-state index >= 15 is 0 Å². The van der Waals surface area contributed by atoms with E-state index in [1.54, 1.807) is 6.20 Å². The highest BCUT2D eigenvalue weighted by Gasteiger charge is 2.15. The van der Waals surface area contributed by atoms with Gasteiger partial charge in [0.1, 0.15) is 16.6 Å². The summed E-state index contributed by atoms with van der Waals surface area (Å²) in [4.78, 5) is 11.9. The molecule has 1 saturated carbocycles. The zero-order valence-corrected chi connectivity index (χ0v) is 14.1. The van der Waals surface area contributed by atoms with Crippen LogP contribution in [0.5, 0.6) is 0 Å². The van der Waals surface area contributed by atoms with Crippen LogP contribution in [0.3, 0.4) is 0 Å². The van der Waals surface area contributed by atoms with Gasteiger partial charge in [0, 0.05) is 23.2 Å². The first-order chi connectivity index (χ1) is 11.7. The lowest BCUT2D eigenvalue weighted by atomic mass is 9.95. The molecule has 5 nitrogen and oxygen atoms in total. The number of fused-ring (bicyclic) bond motifs is 1. The molecule has 1 fully saturated rings. The SMILES string of the molecule is Nc1cnc2[nH]cc(-c3cc(Cl)nc(NC4CCCCC4)c3)c2c1. The molecule has 0 atom stereocenters. The second-order valence-electron chi connectivity index (χ2n) is 6.41. The molecule has 0 radical (unpaired) electrons. The Morgan fingerprint density at radius 3 is 2.83 bits per heavy atom. The van der Waals surface area contributed by atoms with Gasteiger partial charge in [-0.1, -0.05) is 30.9 Å². The maximum absolute atomic E-state index is 6.27. The minimum atomic E-state index is 0.483. The summed E-state index contributed by atoms with van der Waals surface area (Å²) in [6, 6.07) is 6.33. The number of halogens is 1. The monoisotopic (exact) mass is 341 g/mol. The van der Waals surface area contributed by atoms with Gasteiger partial charge in [-0.15, -0.1) is 0 Å². The van der Waals surface area contributed by atoms with Gasteiger partial charge in [-0.25, -0.2) is 9.97 Å². The third-order valence-electron chi connectivity index (χ3n) is 4.61. The van der Waals surface area contributed by atoms with E-state index in [4.69, 9.17) is 17.3 Å². The highest BCUT2D eigenvalue weighted by atomic mass is 35.5. The summed E-state index contributed by atoms with van der Waals surface area (Å²) in [6.07, 6.45) is 9.85. The summed E-state index contributed by atoms with van der Waals surface area (Å²) in [6.45, 7) is 0. The summed E-state index contributed by atoms with van der Waals surface area (Å²) in [5.41, 5.74) is 9.38. The molecule has 3 aromatic rings. The molecule has 3 aromatic heterocycles. The average molecular weight is 342 g/mol. The molecule has 1 aliphatic carbocycles. The number of H-pyrrole nitrogens is 1. The second kappa shape index (κ2) is 6.32. The smallest absolute Gasteiger partial charge is 0.138 e. The van der Waals surface area contributed by atoms with Gasteiger partial charge in [-0.3, -0.25) is 0 Å². The second-order valence-corrected chi connectivity index (χ2v) is 6.80. The van der Waals surface area contributed by atoms with Crippen molar-refractivity contribution in [2.24, 2.45) is 0 Å². The molecule has 124 valence electrons. The van der Waals surface area contributed by atoms with Crippen LogP contribution < -0.4 is 11.1 Å². The largest absolute Gasteiger partial charge is 0.397 e. The Kier molecular flexibility index (Phi) is 4.02. The standard InChI is InChI=1S/C18H20ClN5/c19-16-6-11(7-17(24-16)23-13-4-2-1-3-5-13)15-10-22-18-14(15)8-12(20)9-21-18/h6-10,13H,1-5,20H2,(H,21,22)(H,23,24). The lowest BCUT2D eigenvalue weighted by Gasteiger charge is -2.23. The first kappa shape index (κ1) is 15.3. The van der Waals surface area contributed by atoms with Gasteiger partial charge in [0.2, 0.25) is 0 Å². The molecule has 0 bridgehead atoms. The highest BCUT2D eigenvalue weighted by molar-refractivity contribution is 6.29. The van der Waals surface area contributed by atoms with Crippen molar-refractivity contribution in [2.45, 2.75) is 38.1 Å². The first-order valence-corrected chi connectivity index (χ1v) is 8.74. The van der Waals surface area contributed by atoms with Crippen molar-refractivity contribution in [3.63, 3.8) is 0 Å². The van der Waals surface area contributed by atoms with Crippen molar-refractivity contribution < 1.29 is 0 Å². The van der Waals surface area contributed by atoms with Gasteiger partial charge >= 0.3 is 0 Å². The third-order valence-corrected chi connectivity index (χ3v) is 4.81. The zero-order valence-electron chi connectivity index (χ0n) is 13.3. The lowest BCUT2D eigenvalue weighted by Crippen LogP contribution is -2.22. The summed E-state index contributed by atoms with van der Waals surface area (Å²) in [5, 5.41) is 5.01. The molecule has 4 N–H and O–H groups in total. The van der Waals surface area contributed by atoms with E-state index in [2.05, 4.69) is 20.3 Å². The average Bonchev–Trinajstić information content (AvgIpc) is 2.98. The van der Waals surface area contributed by atoms with Crippen molar-refractivity contribution in [1.82, 2.24) is 15.0 Å². The van der Waals surface area contributed by atoms with Crippen molar-refractivity contribution in [2.75, 3.05) is 11.1 Å². The van der Waals surface area contributed by atoms with E-state index in [0.717, 1.165) is 28.0 Å². The Morgan fingerprint density at radius 2 is 2.00 bits per heavy atom. The number of pyridine rings is 2. The van der Waals surface area contributed by atoms with Crippen LogP contribution in [0.25, 0.3) is 22.2 Å². The minimum Gasteiger partial charge on any atom is -0.397 e. The molecule has 6 heteroatoms. The van der Waals surface area contributed by atoms with Gasteiger partial charge < -0.3 is 16.0 Å². The molecule has 0 spiro atoms. The van der Waals surface area contributed by atoms with Crippen LogP contribution in [0, 0.1) is 0 Å². The number of nitrogens with zero attached hydrogens (tertiary/aromatic N) is 2. The van der Waals surface area contributed by atoms with Crippen molar-refractivity contribution in [3.8, 4) is 11.1 Å². The van der Waals surface area contributed by atoms with E-state index in [-0.39, 0.29) is 0 Å². The summed E-state index contributed by atoms with van der Waals surface area (Å²) in [7, 11) is 0. The number of anilines is 2. The normalized spacial score (nSPS) is 15.7. The van der Waals surface area contributed by atoms with E-state index in [0.29, 0.717) is 16.9 Å². The fraction of sp³-hybridized carbons (Fsp3) is 0.333. The number of aromatic nitrogens is 3. The number of hydrogen-bond donors (Lipinski definition) is 3. The lowest BCUT2D eigenvalue weighted by molar-refractivity contribution is 0.462. The van der Waals surface area contributed by atoms with Crippen molar-refractivity contribution in [3.05, 3.63) is 35.7 Å². The molecule has 0 unspecified atom stereocenters. The molecule has 24 heavy (non-hydrogen) atoms. The number of aromatic amines is 1. The van der Waals surface area contributed by atoms with E-state index < -0.39 is 0 Å². The molecule has 1 aliphatic rings. The van der Waals surface area contributed by atoms with Gasteiger partial charge in [0.05, 0.1) is 11.9 Å². The predicted molar refractivity (Wildman–Crippen MR) is 99.2 cm³/mol. The highest BCUT2D eigenvalue weighted by Crippen LogP contribution is 2.32. The Labute approximate surface area is 145 Å². The minimum absolute atomic E-state index is 0.483. The summed E-state index contributed by atoms with van der Waals surface area (Å²) in [5.74, 6) is 0.829. The van der Waals surface area contributed by atoms with Crippen LogP contribution in [0.4, 0.5) is 11.5 Å². The Bertz CT molecular complexity index is 867. The number of nitrogens with two attached hydrogens (primary N) is 1. The van der Waals surface area contributed by atoms with E-state index in [1.165, 1.54) is 32.1 Å². The summed E-state index contributed by atoms with van der Waals surface area (Å²) >= 11 is 6.27. The fourth-order valence-electron chi connectivity index (χ4n) is 3.44. The van der Waals surface area contributed by atoms with Gasteiger partial charge in [-0.2, -0.15) is 0 Å². The quantitative estimate of drug-likeness (QED) is 0.608. The molecule has 0 amide bonds. The zero-order chi connectivity index (χ0) is 16.5. The van der Waals surface area contributed by atoms with Crippen LogP contribution in [0.1, 0.15) is 32.1 Å². The number of nitrogen functional groups attached to an aromatic ring is 1. The Balaban J connectivity index is 1.70. The molecule has 4 rings (SSSR count). The molecule has 0 aromatic carbocycles. The molecular formula is C18H20ClN5. The first-order valence-electron chi connectivity index (χ1n) is 8.36. The number of hydrogen-bond acceptors (Lipinski definition) is 4. The maximum Gasteiger partial charge on any atom is 0.138 e. The number of rotatable bonds is 3. The number of nitrogens with one attached hydrogen (secondary N) is 2. The molecule has 0 aliphatic heterocycles. The van der Waals surface area contributed by atoms with Crippen LogP contribution >= 0.6 is 11.6 Å². The van der Waals surface area contributed by atoms with Crippen LogP contribution in [-0.4, -0.2) is 21.0 Å². The Hall–Kier alpha value is -2.27. The van der Waals surface area contributed by atoms with E-state index in [1.807, 2.05) is 24.4 Å². The van der Waals surface area contributed by atoms with E-state index in [9.17, 15) is 0 Å². The molecule has 0 saturated heterocycles. The van der Waals surface area contributed by atoms with Gasteiger partial charge in [0.25, 0.3) is 0 Å². The molecular weight excluding hydrogens is 322 g/mol. The third kappa shape index (κ3) is 3.04. The molecule has 3 heterocycles. The van der Waals surface area contributed by atoms with Gasteiger partial charge in [0.15, 0.2) is 0 Å². The van der Waals surface area contributed by atoms with Crippen molar-refractivity contribution in [1.29, 1.82) is 0 Å².